The summed E-state index contributed by atoms with van der Waals surface area (Å²) in [7, 11) is -4.04. The van der Waals surface area contributed by atoms with Crippen molar-refractivity contribution in [1.82, 2.24) is 9.44 Å². The van der Waals surface area contributed by atoms with E-state index in [9.17, 15) is 26.4 Å². The summed E-state index contributed by atoms with van der Waals surface area (Å²) in [4.78, 5) is 24.5. The molecule has 0 radical (unpaired) electrons. The number of methoxy groups -OCH3 is 2. The second-order valence-electron chi connectivity index (χ2n) is 14.4. The number of carbonyl (C=O) groups is 2. The van der Waals surface area contributed by atoms with E-state index >= 15 is 0 Å². The SMILES string of the molecule is CCCCCS(=O)(=O)NC(=O)CCc1ccc(OCCOC)cc1Oc1ccc(Cl)cc1.CCCCCS(=O)(=O)NC(=O)CCc1ccc(OCCOC)cc1Oc1ccc(Cl)cc1.O. The second kappa shape index (κ2) is 30.6. The molecule has 0 saturated heterocycles. The van der Waals surface area contributed by atoms with Crippen LogP contribution in [-0.2, 0) is 52.0 Å². The Balaban J connectivity index is 0.000000440. The van der Waals surface area contributed by atoms with Crippen molar-refractivity contribution in [3.8, 4) is 34.5 Å². The molecule has 65 heavy (non-hydrogen) atoms. The van der Waals surface area contributed by atoms with Crippen molar-refractivity contribution in [2.75, 3.05) is 52.2 Å². The van der Waals surface area contributed by atoms with E-state index in [1.54, 1.807) is 99.1 Å². The maximum absolute atomic E-state index is 12.2. The number of hydrogen-bond donors (Lipinski definition) is 2. The van der Waals surface area contributed by atoms with Crippen LogP contribution in [0.4, 0.5) is 0 Å². The Morgan fingerprint density at radius 2 is 0.877 bits per heavy atom. The average molecular weight is 986 g/mol. The van der Waals surface area contributed by atoms with E-state index in [-0.39, 0.29) is 29.8 Å². The maximum Gasteiger partial charge on any atom is 0.234 e. The molecule has 19 heteroatoms. The first kappa shape index (κ1) is 56.5. The van der Waals surface area contributed by atoms with Gasteiger partial charge in [0, 0.05) is 49.2 Å². The molecule has 0 bridgehead atoms. The highest BCUT2D eigenvalue weighted by Crippen LogP contribution is 2.33. The Labute approximate surface area is 393 Å². The highest BCUT2D eigenvalue weighted by molar-refractivity contribution is 7.90. The van der Waals surface area contributed by atoms with E-state index in [0.29, 0.717) is 96.7 Å². The van der Waals surface area contributed by atoms with Crippen molar-refractivity contribution >= 4 is 55.1 Å². The summed E-state index contributed by atoms with van der Waals surface area (Å²) in [5.41, 5.74) is 1.50. The molecule has 0 aromatic heterocycles. The van der Waals surface area contributed by atoms with Crippen LogP contribution in [0.3, 0.4) is 0 Å². The van der Waals surface area contributed by atoms with Crippen LogP contribution in [-0.4, -0.2) is 86.3 Å². The van der Waals surface area contributed by atoms with Gasteiger partial charge in [-0.3, -0.25) is 19.0 Å². The lowest BCUT2D eigenvalue weighted by Crippen LogP contribution is -2.32. The Hall–Kier alpha value is -4.62. The minimum absolute atomic E-state index is 0. The lowest BCUT2D eigenvalue weighted by Gasteiger charge is -2.14. The molecule has 0 saturated carbocycles. The minimum Gasteiger partial charge on any atom is -0.491 e. The first-order chi connectivity index (χ1) is 30.6. The summed E-state index contributed by atoms with van der Waals surface area (Å²) in [5.74, 6) is 2.19. The lowest BCUT2D eigenvalue weighted by molar-refractivity contribution is -0.120. The molecule has 4 aromatic carbocycles. The average Bonchev–Trinajstić information content (AvgIpc) is 3.25. The highest BCUT2D eigenvalue weighted by Gasteiger charge is 2.18. The smallest absolute Gasteiger partial charge is 0.234 e. The van der Waals surface area contributed by atoms with Crippen LogP contribution in [0.1, 0.15) is 76.3 Å². The number of carbonyl (C=O) groups excluding carboxylic acids is 2. The van der Waals surface area contributed by atoms with Gasteiger partial charge >= 0.3 is 0 Å². The van der Waals surface area contributed by atoms with Gasteiger partial charge in [-0.2, -0.15) is 0 Å². The lowest BCUT2D eigenvalue weighted by atomic mass is 10.1. The van der Waals surface area contributed by atoms with Gasteiger partial charge in [-0.25, -0.2) is 16.8 Å². The molecule has 4 rings (SSSR count). The van der Waals surface area contributed by atoms with E-state index in [0.717, 1.165) is 36.8 Å². The molecule has 0 spiro atoms. The molecule has 0 aliphatic carbocycles. The Kier molecular flexibility index (Phi) is 26.6. The normalized spacial score (nSPS) is 11.0. The predicted octanol–water partition coefficient (Wildman–Crippen LogP) is 8.63. The zero-order valence-electron chi connectivity index (χ0n) is 37.4. The maximum atomic E-state index is 12.2. The van der Waals surface area contributed by atoms with Crippen LogP contribution < -0.4 is 28.4 Å². The summed E-state index contributed by atoms with van der Waals surface area (Å²) >= 11 is 11.9. The fourth-order valence-electron chi connectivity index (χ4n) is 5.73. The molecular formula is C46H62Cl2N2O13S2. The van der Waals surface area contributed by atoms with Gasteiger partial charge in [0.2, 0.25) is 31.9 Å². The van der Waals surface area contributed by atoms with Gasteiger partial charge in [-0.05, 0) is 97.5 Å². The van der Waals surface area contributed by atoms with Gasteiger partial charge in [0.1, 0.15) is 47.7 Å². The van der Waals surface area contributed by atoms with Crippen molar-refractivity contribution in [2.45, 2.75) is 78.1 Å². The molecule has 0 atom stereocenters. The fourth-order valence-corrected chi connectivity index (χ4v) is 8.25. The first-order valence-corrected chi connectivity index (χ1v) is 25.1. The van der Waals surface area contributed by atoms with Crippen molar-refractivity contribution in [3.63, 3.8) is 0 Å². The van der Waals surface area contributed by atoms with Crippen LogP contribution >= 0.6 is 23.2 Å². The molecule has 0 unspecified atom stereocenters. The van der Waals surface area contributed by atoms with Gasteiger partial charge in [0.05, 0.1) is 24.7 Å². The van der Waals surface area contributed by atoms with Gasteiger partial charge < -0.3 is 33.9 Å². The van der Waals surface area contributed by atoms with Crippen LogP contribution in [0.2, 0.25) is 10.0 Å². The molecule has 4 N–H and O–H groups in total. The minimum atomic E-state index is -3.61. The van der Waals surface area contributed by atoms with Crippen molar-refractivity contribution in [1.29, 1.82) is 0 Å². The number of unbranched alkanes of at least 4 members (excludes halogenated alkanes) is 4. The largest absolute Gasteiger partial charge is 0.491 e. The van der Waals surface area contributed by atoms with Crippen molar-refractivity contribution < 1.29 is 60.3 Å². The number of sulfonamides is 2. The van der Waals surface area contributed by atoms with Crippen molar-refractivity contribution in [3.05, 3.63) is 106 Å². The Morgan fingerprint density at radius 1 is 0.523 bits per heavy atom. The molecule has 0 aliphatic rings. The van der Waals surface area contributed by atoms with Crippen molar-refractivity contribution in [2.24, 2.45) is 0 Å². The third-order valence-electron chi connectivity index (χ3n) is 9.09. The number of rotatable bonds is 28. The van der Waals surface area contributed by atoms with Crippen LogP contribution in [0.5, 0.6) is 34.5 Å². The molecule has 0 aliphatic heterocycles. The van der Waals surface area contributed by atoms with Crippen LogP contribution in [0, 0.1) is 0 Å². The van der Waals surface area contributed by atoms with E-state index in [2.05, 4.69) is 9.44 Å². The third kappa shape index (κ3) is 23.4. The van der Waals surface area contributed by atoms with Crippen LogP contribution in [0.15, 0.2) is 84.9 Å². The second-order valence-corrected chi connectivity index (χ2v) is 19.0. The Bertz CT molecular complexity index is 2090. The molecule has 4 aromatic rings. The summed E-state index contributed by atoms with van der Waals surface area (Å²) in [6.07, 6.45) is 5.11. The topological polar surface area (TPSA) is 213 Å². The first-order valence-electron chi connectivity index (χ1n) is 21.1. The number of benzene rings is 4. The molecule has 2 amide bonds. The van der Waals surface area contributed by atoms with Gasteiger partial charge in [-0.15, -0.1) is 0 Å². The van der Waals surface area contributed by atoms with E-state index in [1.165, 1.54) is 0 Å². The monoisotopic (exact) mass is 984 g/mol. The predicted molar refractivity (Wildman–Crippen MR) is 254 cm³/mol. The number of amides is 2. The molecule has 360 valence electrons. The summed E-state index contributed by atoms with van der Waals surface area (Å²) in [6, 6.07) is 24.4. The van der Waals surface area contributed by atoms with E-state index < -0.39 is 31.9 Å². The van der Waals surface area contributed by atoms with Gasteiger partial charge in [0.25, 0.3) is 0 Å². The zero-order valence-corrected chi connectivity index (χ0v) is 40.5. The van der Waals surface area contributed by atoms with E-state index in [4.69, 9.17) is 51.6 Å². The van der Waals surface area contributed by atoms with Gasteiger partial charge in [-0.1, -0.05) is 74.9 Å². The number of hydrogen-bond acceptors (Lipinski definition) is 12. The molecule has 0 fully saturated rings. The number of aryl methyl sites for hydroxylation is 2. The summed E-state index contributed by atoms with van der Waals surface area (Å²) in [5, 5.41) is 1.18. The molecule has 0 heterocycles. The number of nitrogens with one attached hydrogen (secondary N) is 2. The summed E-state index contributed by atoms with van der Waals surface area (Å²) in [6.45, 7) is 5.64. The summed E-state index contributed by atoms with van der Waals surface area (Å²) < 4.78 is 85.7. The number of ether oxygens (including phenoxy) is 6. The Morgan fingerprint density at radius 3 is 1.22 bits per heavy atom. The molecule has 15 nitrogen and oxygen atoms in total. The third-order valence-corrected chi connectivity index (χ3v) is 12.3. The van der Waals surface area contributed by atoms with Crippen LogP contribution in [0.25, 0.3) is 0 Å². The zero-order chi connectivity index (χ0) is 46.8. The molecular weight excluding hydrogens is 924 g/mol. The van der Waals surface area contributed by atoms with E-state index in [1.807, 2.05) is 13.8 Å². The quantitative estimate of drug-likeness (QED) is 0.0512. The fraction of sp³-hybridized carbons (Fsp3) is 0.435. The highest BCUT2D eigenvalue weighted by atomic mass is 35.5. The standard InChI is InChI=1S/2C23H30ClNO6S.H2O/c2*1-3-4-5-16-32(27,28)25-23(26)13-7-18-6-10-21(30-15-14-29-2)17-22(18)31-20-11-8-19(24)9-12-20;/h2*6,8-12,17H,3-5,7,13-16H2,1-2H3,(H,25,26);1H2. The number of halogens is 2. The van der Waals surface area contributed by atoms with Gasteiger partial charge in [0.15, 0.2) is 0 Å².